The lowest BCUT2D eigenvalue weighted by Crippen LogP contribution is -2.22. The Morgan fingerprint density at radius 2 is 2.27 bits per heavy atom. The molecule has 0 aliphatic heterocycles. The first-order chi connectivity index (χ1) is 7.08. The van der Waals surface area contributed by atoms with E-state index in [2.05, 4.69) is 20.9 Å². The average molecular weight is 269 g/mol. The zero-order chi connectivity index (χ0) is 11.0. The van der Waals surface area contributed by atoms with Gasteiger partial charge in [-0.2, -0.15) is 4.98 Å². The maximum absolute atomic E-state index is 11.1. The van der Waals surface area contributed by atoms with Crippen molar-refractivity contribution in [1.82, 2.24) is 4.98 Å². The molecule has 2 rings (SSSR count). The van der Waals surface area contributed by atoms with Gasteiger partial charge in [-0.15, -0.1) is 0 Å². The Morgan fingerprint density at radius 3 is 2.93 bits per heavy atom. The average Bonchev–Trinajstić information content (AvgIpc) is 2.58. The molecule has 0 fully saturated rings. The molecule has 1 amide bonds. The fourth-order valence-electron chi connectivity index (χ4n) is 1.16. The van der Waals surface area contributed by atoms with Crippen LogP contribution in [0.3, 0.4) is 0 Å². The van der Waals surface area contributed by atoms with Crippen molar-refractivity contribution in [2.24, 2.45) is 0 Å². The summed E-state index contributed by atoms with van der Waals surface area (Å²) >= 11 is 3.34. The van der Waals surface area contributed by atoms with E-state index in [1.165, 1.54) is 11.8 Å². The first-order valence-corrected chi connectivity index (χ1v) is 5.17. The number of hydrogen-bond acceptors (Lipinski definition) is 3. The third-order valence-corrected chi connectivity index (χ3v) is 2.59. The first kappa shape index (κ1) is 10.2. The largest absolute Gasteiger partial charge is 0.423 e. The molecule has 0 aliphatic carbocycles. The van der Waals surface area contributed by atoms with Crippen molar-refractivity contribution in [2.75, 3.05) is 11.9 Å². The van der Waals surface area contributed by atoms with E-state index >= 15 is 0 Å². The summed E-state index contributed by atoms with van der Waals surface area (Å²) in [4.78, 5) is 16.7. The van der Waals surface area contributed by atoms with Crippen LogP contribution in [0.25, 0.3) is 11.1 Å². The number of hydrogen-bond donors (Lipinski definition) is 0. The lowest BCUT2D eigenvalue weighted by Gasteiger charge is -2.07. The number of carbonyl (C=O) groups excluding carboxylic acids is 1. The molecular formula is C10H9BrN2O2. The van der Waals surface area contributed by atoms with E-state index in [-0.39, 0.29) is 5.91 Å². The van der Waals surface area contributed by atoms with Gasteiger partial charge in [-0.1, -0.05) is 15.9 Å². The van der Waals surface area contributed by atoms with Crippen LogP contribution in [0.2, 0.25) is 0 Å². The van der Waals surface area contributed by atoms with Crippen LogP contribution in [0.4, 0.5) is 6.01 Å². The Balaban J connectivity index is 2.51. The highest BCUT2D eigenvalue weighted by molar-refractivity contribution is 9.10. The minimum absolute atomic E-state index is 0.111. The van der Waals surface area contributed by atoms with Crippen LogP contribution in [0.15, 0.2) is 27.1 Å². The number of oxazole rings is 1. The second kappa shape index (κ2) is 3.66. The lowest BCUT2D eigenvalue weighted by atomic mass is 10.3. The standard InChI is InChI=1S/C10H9BrN2O2/c1-6(14)13(2)10-12-8-4-3-7(11)5-9(8)15-10/h3-5H,1-2H3. The number of carbonyl (C=O) groups is 1. The van der Waals surface area contributed by atoms with Gasteiger partial charge in [0.25, 0.3) is 0 Å². The van der Waals surface area contributed by atoms with E-state index in [0.29, 0.717) is 11.6 Å². The van der Waals surface area contributed by atoms with Crippen molar-refractivity contribution >= 4 is 39.0 Å². The molecular weight excluding hydrogens is 260 g/mol. The second-order valence-electron chi connectivity index (χ2n) is 3.19. The van der Waals surface area contributed by atoms with Crippen LogP contribution in [-0.2, 0) is 4.79 Å². The van der Waals surface area contributed by atoms with Gasteiger partial charge in [0.1, 0.15) is 5.52 Å². The Labute approximate surface area is 95.0 Å². The monoisotopic (exact) mass is 268 g/mol. The number of benzene rings is 1. The van der Waals surface area contributed by atoms with E-state index in [1.807, 2.05) is 18.2 Å². The first-order valence-electron chi connectivity index (χ1n) is 4.38. The zero-order valence-electron chi connectivity index (χ0n) is 8.32. The SMILES string of the molecule is CC(=O)N(C)c1nc2ccc(Br)cc2o1. The van der Waals surface area contributed by atoms with Gasteiger partial charge in [0.15, 0.2) is 5.58 Å². The number of nitrogens with zero attached hydrogens (tertiary/aromatic N) is 2. The van der Waals surface area contributed by atoms with Crippen LogP contribution in [0.5, 0.6) is 0 Å². The highest BCUT2D eigenvalue weighted by Crippen LogP contribution is 2.24. The molecule has 0 radical (unpaired) electrons. The Kier molecular flexibility index (Phi) is 2.48. The van der Waals surface area contributed by atoms with Gasteiger partial charge in [0.05, 0.1) is 0 Å². The summed E-state index contributed by atoms with van der Waals surface area (Å²) < 4.78 is 6.36. The maximum Gasteiger partial charge on any atom is 0.304 e. The maximum atomic E-state index is 11.1. The molecule has 4 nitrogen and oxygen atoms in total. The van der Waals surface area contributed by atoms with Gasteiger partial charge in [0.2, 0.25) is 5.91 Å². The van der Waals surface area contributed by atoms with Crippen molar-refractivity contribution in [3.8, 4) is 0 Å². The molecule has 0 saturated heterocycles. The Hall–Kier alpha value is -1.36. The van der Waals surface area contributed by atoms with Gasteiger partial charge >= 0.3 is 6.01 Å². The normalized spacial score (nSPS) is 10.6. The van der Waals surface area contributed by atoms with E-state index in [4.69, 9.17) is 4.42 Å². The molecule has 5 heteroatoms. The number of anilines is 1. The summed E-state index contributed by atoms with van der Waals surface area (Å²) in [6, 6.07) is 5.85. The number of halogens is 1. The van der Waals surface area contributed by atoms with Gasteiger partial charge < -0.3 is 4.42 Å². The van der Waals surface area contributed by atoms with E-state index in [0.717, 1.165) is 9.99 Å². The summed E-state index contributed by atoms with van der Waals surface area (Å²) in [5.41, 5.74) is 1.40. The van der Waals surface area contributed by atoms with Crippen LogP contribution in [-0.4, -0.2) is 17.9 Å². The fraction of sp³-hybridized carbons (Fsp3) is 0.200. The predicted octanol–water partition coefficient (Wildman–Crippen LogP) is 2.57. The van der Waals surface area contributed by atoms with Crippen molar-refractivity contribution in [3.05, 3.63) is 22.7 Å². The number of rotatable bonds is 1. The molecule has 78 valence electrons. The summed E-state index contributed by atoms with van der Waals surface area (Å²) in [7, 11) is 1.63. The molecule has 0 spiro atoms. The highest BCUT2D eigenvalue weighted by atomic mass is 79.9. The third-order valence-electron chi connectivity index (χ3n) is 2.10. The minimum Gasteiger partial charge on any atom is -0.423 e. The van der Waals surface area contributed by atoms with Gasteiger partial charge in [-0.05, 0) is 18.2 Å². The van der Waals surface area contributed by atoms with Gasteiger partial charge in [-0.25, -0.2) is 0 Å². The molecule has 2 aromatic rings. The van der Waals surface area contributed by atoms with Crippen molar-refractivity contribution in [3.63, 3.8) is 0 Å². The molecule has 0 aliphatic rings. The van der Waals surface area contributed by atoms with Gasteiger partial charge in [-0.3, -0.25) is 9.69 Å². The number of fused-ring (bicyclic) bond motifs is 1. The van der Waals surface area contributed by atoms with Crippen LogP contribution >= 0.6 is 15.9 Å². The molecule has 0 unspecified atom stereocenters. The quantitative estimate of drug-likeness (QED) is 0.799. The molecule has 1 aromatic heterocycles. The highest BCUT2D eigenvalue weighted by Gasteiger charge is 2.13. The Morgan fingerprint density at radius 1 is 1.53 bits per heavy atom. The van der Waals surface area contributed by atoms with Crippen LogP contribution < -0.4 is 4.90 Å². The molecule has 1 aromatic carbocycles. The predicted molar refractivity (Wildman–Crippen MR) is 60.8 cm³/mol. The number of aromatic nitrogens is 1. The molecule has 0 atom stereocenters. The van der Waals surface area contributed by atoms with Gasteiger partial charge in [0, 0.05) is 18.4 Å². The van der Waals surface area contributed by atoms with E-state index in [1.54, 1.807) is 7.05 Å². The van der Waals surface area contributed by atoms with E-state index in [9.17, 15) is 4.79 Å². The van der Waals surface area contributed by atoms with Crippen molar-refractivity contribution in [1.29, 1.82) is 0 Å². The zero-order valence-corrected chi connectivity index (χ0v) is 9.91. The fourth-order valence-corrected chi connectivity index (χ4v) is 1.50. The summed E-state index contributed by atoms with van der Waals surface area (Å²) in [5, 5.41) is 0. The van der Waals surface area contributed by atoms with E-state index < -0.39 is 0 Å². The summed E-state index contributed by atoms with van der Waals surface area (Å²) in [6.45, 7) is 1.46. The molecule has 0 N–H and O–H groups in total. The summed E-state index contributed by atoms with van der Waals surface area (Å²) in [6.07, 6.45) is 0. The summed E-state index contributed by atoms with van der Waals surface area (Å²) in [5.74, 6) is -0.111. The smallest absolute Gasteiger partial charge is 0.304 e. The van der Waals surface area contributed by atoms with Crippen molar-refractivity contribution < 1.29 is 9.21 Å². The number of amides is 1. The molecule has 1 heterocycles. The van der Waals surface area contributed by atoms with Crippen LogP contribution in [0, 0.1) is 0 Å². The topological polar surface area (TPSA) is 46.3 Å². The third kappa shape index (κ3) is 1.87. The second-order valence-corrected chi connectivity index (χ2v) is 4.10. The minimum atomic E-state index is -0.111. The van der Waals surface area contributed by atoms with Crippen LogP contribution in [0.1, 0.15) is 6.92 Å². The van der Waals surface area contributed by atoms with Crippen molar-refractivity contribution in [2.45, 2.75) is 6.92 Å². The molecule has 0 saturated carbocycles. The molecule has 15 heavy (non-hydrogen) atoms. The lowest BCUT2D eigenvalue weighted by molar-refractivity contribution is -0.116. The molecule has 0 bridgehead atoms. The Bertz CT molecular complexity index is 521.